The highest BCUT2D eigenvalue weighted by atomic mass is 32.1. The first-order chi connectivity index (χ1) is 7.77. The van der Waals surface area contributed by atoms with Gasteiger partial charge in [-0.15, -0.1) is 11.3 Å². The summed E-state index contributed by atoms with van der Waals surface area (Å²) in [5.74, 6) is -1.07. The Morgan fingerprint density at radius 2 is 2.31 bits per heavy atom. The predicted molar refractivity (Wildman–Crippen MR) is 57.5 cm³/mol. The largest absolute Gasteiger partial charge is 0.347 e. The number of aromatic nitrogens is 2. The second-order valence-corrected chi connectivity index (χ2v) is 3.98. The van der Waals surface area contributed by atoms with Crippen molar-refractivity contribution in [2.45, 2.75) is 6.54 Å². The Morgan fingerprint density at radius 1 is 1.44 bits per heavy atom. The number of nitrogens with one attached hydrogen (secondary N) is 1. The Morgan fingerprint density at radius 3 is 3.00 bits per heavy atom. The van der Waals surface area contributed by atoms with Gasteiger partial charge in [0.1, 0.15) is 0 Å². The van der Waals surface area contributed by atoms with Crippen LogP contribution in [0, 0.1) is 5.82 Å². The molecule has 2 aromatic heterocycles. The van der Waals surface area contributed by atoms with E-state index in [1.165, 1.54) is 23.6 Å². The molecule has 0 saturated carbocycles. The van der Waals surface area contributed by atoms with Crippen LogP contribution in [0.4, 0.5) is 4.39 Å². The highest BCUT2D eigenvalue weighted by molar-refractivity contribution is 7.09. The van der Waals surface area contributed by atoms with Crippen LogP contribution in [0.2, 0.25) is 0 Å². The van der Waals surface area contributed by atoms with Gasteiger partial charge in [0.15, 0.2) is 5.82 Å². The predicted octanol–water partition coefficient (Wildman–Crippen LogP) is 1.61. The number of pyridine rings is 1. The molecule has 2 heterocycles. The van der Waals surface area contributed by atoms with Crippen LogP contribution in [0.25, 0.3) is 0 Å². The molecule has 0 aromatic carbocycles. The summed E-state index contributed by atoms with van der Waals surface area (Å²) in [6, 6.07) is 1.34. The molecular weight excluding hydrogens is 229 g/mol. The Bertz CT molecular complexity index is 487. The maximum atomic E-state index is 13.2. The second kappa shape index (κ2) is 4.80. The molecule has 0 aliphatic rings. The topological polar surface area (TPSA) is 54.9 Å². The second-order valence-electron chi connectivity index (χ2n) is 3.01. The third-order valence-electron chi connectivity index (χ3n) is 1.92. The third kappa shape index (κ3) is 2.40. The lowest BCUT2D eigenvalue weighted by molar-refractivity contribution is 0.0947. The van der Waals surface area contributed by atoms with Crippen LogP contribution in [0.5, 0.6) is 0 Å². The van der Waals surface area contributed by atoms with Gasteiger partial charge in [-0.2, -0.15) is 0 Å². The van der Waals surface area contributed by atoms with Gasteiger partial charge in [0.2, 0.25) is 0 Å². The van der Waals surface area contributed by atoms with Gasteiger partial charge in [0, 0.05) is 17.3 Å². The standard InChI is InChI=1S/C10H8FN3OS/c11-9-5-12-2-1-8(9)10(15)14-4-7-3-13-6-16-7/h1-3,5-6H,4H2,(H,14,15). The Kier molecular flexibility index (Phi) is 3.21. The van der Waals surface area contributed by atoms with Crippen LogP contribution in [0.1, 0.15) is 15.2 Å². The molecule has 82 valence electrons. The van der Waals surface area contributed by atoms with E-state index in [9.17, 15) is 9.18 Å². The van der Waals surface area contributed by atoms with Crippen LogP contribution < -0.4 is 5.32 Å². The van der Waals surface area contributed by atoms with Gasteiger partial charge in [-0.05, 0) is 6.07 Å². The summed E-state index contributed by atoms with van der Waals surface area (Å²) in [6.45, 7) is 0.352. The summed E-state index contributed by atoms with van der Waals surface area (Å²) in [7, 11) is 0. The molecule has 16 heavy (non-hydrogen) atoms. The summed E-state index contributed by atoms with van der Waals surface area (Å²) in [6.07, 6.45) is 4.06. The molecule has 0 unspecified atom stereocenters. The molecule has 2 rings (SSSR count). The van der Waals surface area contributed by atoms with E-state index in [0.29, 0.717) is 6.54 Å². The number of hydrogen-bond acceptors (Lipinski definition) is 4. The van der Waals surface area contributed by atoms with Crippen molar-refractivity contribution in [2.24, 2.45) is 0 Å². The van der Waals surface area contributed by atoms with Crippen molar-refractivity contribution < 1.29 is 9.18 Å². The Hall–Kier alpha value is -1.82. The van der Waals surface area contributed by atoms with E-state index >= 15 is 0 Å². The molecule has 1 amide bonds. The van der Waals surface area contributed by atoms with Crippen molar-refractivity contribution in [2.75, 3.05) is 0 Å². The minimum atomic E-state index is -0.621. The van der Waals surface area contributed by atoms with Crippen molar-refractivity contribution >= 4 is 17.2 Å². The number of hydrogen-bond donors (Lipinski definition) is 1. The van der Waals surface area contributed by atoms with Crippen LogP contribution in [-0.2, 0) is 6.54 Å². The van der Waals surface area contributed by atoms with Crippen molar-refractivity contribution in [3.8, 4) is 0 Å². The van der Waals surface area contributed by atoms with Crippen LogP contribution in [-0.4, -0.2) is 15.9 Å². The van der Waals surface area contributed by atoms with Gasteiger partial charge in [0.05, 0.1) is 23.8 Å². The van der Waals surface area contributed by atoms with Crippen LogP contribution in [0.3, 0.4) is 0 Å². The first-order valence-electron chi connectivity index (χ1n) is 4.52. The first-order valence-corrected chi connectivity index (χ1v) is 5.40. The fraction of sp³-hybridized carbons (Fsp3) is 0.100. The van der Waals surface area contributed by atoms with E-state index in [1.54, 1.807) is 11.7 Å². The Balaban J connectivity index is 2.01. The van der Waals surface area contributed by atoms with E-state index in [2.05, 4.69) is 15.3 Å². The lowest BCUT2D eigenvalue weighted by atomic mass is 10.2. The number of nitrogens with zero attached hydrogens (tertiary/aromatic N) is 2. The molecule has 0 fully saturated rings. The van der Waals surface area contributed by atoms with Crippen molar-refractivity contribution in [3.63, 3.8) is 0 Å². The third-order valence-corrected chi connectivity index (χ3v) is 2.70. The molecule has 4 nitrogen and oxygen atoms in total. The summed E-state index contributed by atoms with van der Waals surface area (Å²) < 4.78 is 13.2. The van der Waals surface area contributed by atoms with Gasteiger partial charge >= 0.3 is 0 Å². The first kappa shape index (κ1) is 10.7. The summed E-state index contributed by atoms with van der Waals surface area (Å²) >= 11 is 1.43. The molecule has 0 aliphatic carbocycles. The van der Waals surface area contributed by atoms with Crippen molar-refractivity contribution in [3.05, 3.63) is 46.4 Å². The maximum Gasteiger partial charge on any atom is 0.254 e. The lowest BCUT2D eigenvalue weighted by Gasteiger charge is -2.03. The minimum absolute atomic E-state index is 0.000449. The summed E-state index contributed by atoms with van der Waals surface area (Å²) in [5.41, 5.74) is 1.67. The zero-order valence-corrected chi connectivity index (χ0v) is 9.00. The number of carbonyl (C=O) groups is 1. The van der Waals surface area contributed by atoms with Gasteiger partial charge in [0.25, 0.3) is 5.91 Å². The quantitative estimate of drug-likeness (QED) is 0.882. The SMILES string of the molecule is O=C(NCc1cncs1)c1ccncc1F. The molecule has 0 bridgehead atoms. The molecule has 2 aromatic rings. The normalized spacial score (nSPS) is 10.1. The smallest absolute Gasteiger partial charge is 0.254 e. The highest BCUT2D eigenvalue weighted by Crippen LogP contribution is 2.07. The van der Waals surface area contributed by atoms with Crippen molar-refractivity contribution in [1.82, 2.24) is 15.3 Å². The molecule has 0 spiro atoms. The Labute approximate surface area is 95.2 Å². The molecule has 0 atom stereocenters. The zero-order chi connectivity index (χ0) is 11.4. The van der Waals surface area contributed by atoms with E-state index in [1.807, 2.05) is 0 Å². The fourth-order valence-corrected chi connectivity index (χ4v) is 1.69. The number of halogens is 1. The van der Waals surface area contributed by atoms with Gasteiger partial charge in [-0.3, -0.25) is 14.8 Å². The highest BCUT2D eigenvalue weighted by Gasteiger charge is 2.10. The maximum absolute atomic E-state index is 13.2. The average molecular weight is 237 g/mol. The molecule has 0 saturated heterocycles. The van der Waals surface area contributed by atoms with E-state index in [4.69, 9.17) is 0 Å². The average Bonchev–Trinajstić information content (AvgIpc) is 2.79. The zero-order valence-electron chi connectivity index (χ0n) is 8.18. The van der Waals surface area contributed by atoms with E-state index in [-0.39, 0.29) is 5.56 Å². The molecule has 1 N–H and O–H groups in total. The molecule has 0 radical (unpaired) electrons. The van der Waals surface area contributed by atoms with Crippen molar-refractivity contribution in [1.29, 1.82) is 0 Å². The van der Waals surface area contributed by atoms with Gasteiger partial charge < -0.3 is 5.32 Å². The van der Waals surface area contributed by atoms with Gasteiger partial charge in [-0.1, -0.05) is 0 Å². The fourth-order valence-electron chi connectivity index (χ4n) is 1.15. The van der Waals surface area contributed by atoms with E-state index in [0.717, 1.165) is 11.1 Å². The molecule has 0 aliphatic heterocycles. The van der Waals surface area contributed by atoms with E-state index < -0.39 is 11.7 Å². The summed E-state index contributed by atoms with van der Waals surface area (Å²) in [5, 5.41) is 2.61. The number of thiazole rings is 1. The monoisotopic (exact) mass is 237 g/mol. The van der Waals surface area contributed by atoms with Crippen LogP contribution >= 0.6 is 11.3 Å². The molecular formula is C10H8FN3OS. The minimum Gasteiger partial charge on any atom is -0.347 e. The number of amides is 1. The number of rotatable bonds is 3. The van der Waals surface area contributed by atoms with Crippen LogP contribution in [0.15, 0.2) is 30.2 Å². The summed E-state index contributed by atoms with van der Waals surface area (Å²) in [4.78, 5) is 19.9. The van der Waals surface area contributed by atoms with Gasteiger partial charge in [-0.25, -0.2) is 4.39 Å². The molecule has 6 heteroatoms. The number of carbonyl (C=O) groups excluding carboxylic acids is 1. The lowest BCUT2D eigenvalue weighted by Crippen LogP contribution is -2.23.